The van der Waals surface area contributed by atoms with Crippen LogP contribution < -0.4 is 63.8 Å². The van der Waals surface area contributed by atoms with E-state index in [-0.39, 0.29) is 193 Å². The average Bonchev–Trinajstić information content (AvgIpc) is 0.744. The molecule has 0 saturated carbocycles. The van der Waals surface area contributed by atoms with Gasteiger partial charge in [-0.2, -0.15) is 12.6 Å². The molecule has 3 aliphatic heterocycles. The number of halogens is 13. The maximum absolute atomic E-state index is 12.1. The van der Waals surface area contributed by atoms with Crippen molar-refractivity contribution in [3.05, 3.63) is 245 Å². The molecule has 0 fully saturated rings. The van der Waals surface area contributed by atoms with Crippen molar-refractivity contribution in [2.45, 2.75) is 168 Å². The fourth-order valence-electron chi connectivity index (χ4n) is 11.6. The number of carbonyl (C=O) groups excluding carboxylic acids is 7. The van der Waals surface area contributed by atoms with Crippen LogP contribution in [0.25, 0.3) is 0 Å². The Morgan fingerprint density at radius 2 is 0.799 bits per heavy atom. The number of Topliss-reactive ketones (excluding diaryl/α,β-unsaturated/α-hetero) is 2. The number of sulfone groups is 1. The topological polar surface area (TPSA) is 458 Å². The molecule has 3 heterocycles. The Labute approximate surface area is 953 Å². The number of hydrogen-bond acceptors (Lipinski definition) is 25. The molecule has 0 saturated heterocycles. The third-order valence-corrected chi connectivity index (χ3v) is 27.8. The van der Waals surface area contributed by atoms with E-state index in [1.54, 1.807) is 148 Å². The molecule has 48 heteroatoms. The van der Waals surface area contributed by atoms with Gasteiger partial charge in [0.2, 0.25) is 0 Å². The number of thiol groups is 1. The number of carboxylic acids is 3. The second-order valence-electron chi connectivity index (χ2n) is 27.5. The van der Waals surface area contributed by atoms with Crippen LogP contribution in [0.1, 0.15) is 233 Å². The minimum absolute atomic E-state index is 0. The van der Waals surface area contributed by atoms with Gasteiger partial charge >= 0.3 is 107 Å². The second-order valence-corrected chi connectivity index (χ2v) is 38.2. The summed E-state index contributed by atoms with van der Waals surface area (Å²) in [5.41, 5.74) is 10.3. The molecule has 3 radical (unpaired) electrons. The summed E-state index contributed by atoms with van der Waals surface area (Å²) in [5.74, 6) is -2.44. The first kappa shape index (κ1) is 146. The Morgan fingerprint density at radius 1 is 0.460 bits per heavy atom. The smallest absolute Gasteiger partial charge is 1.00 e. The number of hydrogen-bond donors (Lipinski definition) is 7. The van der Waals surface area contributed by atoms with E-state index in [4.69, 9.17) is 188 Å². The first-order valence-corrected chi connectivity index (χ1v) is 49.9. The molecular formula is C91H105BCl13Na2O26S5Zn. The summed E-state index contributed by atoms with van der Waals surface area (Å²) in [6.07, 6.45) is -0.00223. The summed E-state index contributed by atoms with van der Waals surface area (Å²) >= 11 is 81.7. The van der Waals surface area contributed by atoms with Crippen LogP contribution in [0.15, 0.2) is 105 Å². The van der Waals surface area contributed by atoms with Gasteiger partial charge in [0.05, 0.1) is 162 Å². The molecule has 3 aliphatic rings. The van der Waals surface area contributed by atoms with Crippen molar-refractivity contribution in [1.82, 2.24) is 0 Å². The number of esters is 5. The van der Waals surface area contributed by atoms with Gasteiger partial charge in [0.1, 0.15) is 0 Å². The van der Waals surface area contributed by atoms with Gasteiger partial charge < -0.3 is 71.4 Å². The van der Waals surface area contributed by atoms with Gasteiger partial charge in [0.25, 0.3) is 0 Å². The number of aliphatic hydroxyl groups is 3. The Kier molecular flexibility index (Phi) is 79.0. The van der Waals surface area contributed by atoms with Crippen molar-refractivity contribution in [3.8, 4) is 0 Å². The first-order chi connectivity index (χ1) is 62.3. The van der Waals surface area contributed by atoms with E-state index in [0.29, 0.717) is 151 Å². The number of rotatable bonds is 18. The minimum atomic E-state index is -3.53. The maximum atomic E-state index is 12.1. The number of ether oxygens (including phenoxy) is 5. The molecule has 2 atom stereocenters. The third kappa shape index (κ3) is 48.1. The van der Waals surface area contributed by atoms with Gasteiger partial charge in [-0.25, -0.2) is 49.1 Å². The van der Waals surface area contributed by atoms with E-state index >= 15 is 0 Å². The number of aromatic carboxylic acids is 1. The van der Waals surface area contributed by atoms with E-state index in [0.717, 1.165) is 59.6 Å². The number of fused-ring (bicyclic) bond motifs is 3. The van der Waals surface area contributed by atoms with Gasteiger partial charge in [0.15, 0.2) is 21.4 Å². The molecule has 8 aromatic carbocycles. The molecule has 753 valence electrons. The summed E-state index contributed by atoms with van der Waals surface area (Å²) < 4.78 is 56.6. The molecule has 26 nitrogen and oxygen atoms in total. The minimum Gasteiger partial charge on any atom is -1.00 e. The molecule has 0 bridgehead atoms. The van der Waals surface area contributed by atoms with Gasteiger partial charge in [-0.1, -0.05) is 145 Å². The van der Waals surface area contributed by atoms with Crippen LogP contribution in [0.5, 0.6) is 0 Å². The van der Waals surface area contributed by atoms with Crippen LogP contribution in [0.3, 0.4) is 0 Å². The summed E-state index contributed by atoms with van der Waals surface area (Å²) in [5, 5.41) is 57.8. The third-order valence-electron chi connectivity index (χ3n) is 17.8. The molecule has 139 heavy (non-hydrogen) atoms. The number of benzene rings is 8. The monoisotopic (exact) mass is 2350 g/mol. The van der Waals surface area contributed by atoms with E-state index in [1.807, 2.05) is 32.9 Å². The zero-order valence-electron chi connectivity index (χ0n) is 79.9. The molecule has 0 aliphatic carbocycles. The number of aliphatic carboxylic acids is 2. The number of aryl methyl sites for hydroxylation is 5. The Balaban J connectivity index is -0.000000285. The molecule has 0 aromatic heterocycles. The summed E-state index contributed by atoms with van der Waals surface area (Å²) in [6.45, 7) is 27.8. The molecular weight excluding hydrogens is 2250 g/mol. The van der Waals surface area contributed by atoms with E-state index in [2.05, 4.69) is 24.5 Å². The molecule has 11 rings (SSSR count). The predicted octanol–water partition coefficient (Wildman–Crippen LogP) is 17.5. The number of carbonyl (C=O) groups is 10. The quantitative estimate of drug-likeness (QED) is 0.0105. The maximum Gasteiger partial charge on any atom is 1.00 e. The largest absolute Gasteiger partial charge is 1.00 e. The van der Waals surface area contributed by atoms with E-state index in [9.17, 15) is 66.6 Å². The van der Waals surface area contributed by atoms with Gasteiger partial charge in [-0.3, -0.25) is 19.2 Å². The standard InChI is InChI=1S/C13H15ClO5S.C13H15ClO4S.C13H15ClO3S.C13H13ClO3S.C10H10Cl2O2.C9H8Cl2O.C8H6Cl2O2.C7H6Cl2.C3H6O2S.C2H6O.B.ClO.2Na.2H2O.Zn.H/c1-3-19-13(16)8-6-9(14)12-11(7(8)2)10(15)4-5-20(12,17)18;1-3-18-13(17)9-7-10(14)11(6-8(9)2)19-5-4-12(15)16;2*1-3-17-13(16)8-6-9(14)12-11(7(8)2)10(15)4-5-18-12;1-3-14-10(13)7-5-9(12)8(11)4-6(7)2;1-5-3-8(10)9(11)4-7(5)6(2)12;1-4-2-6(9)7(10)3-5(4)8(11)12;1-5-2-3-6(8)7(9)4-5;4-3(5)1-2-6;1-2-3;;1-2;;;;;;/h6,10,15H,3-5H2,1-2H3;6-7H,3-5H2,1-2H3,(H,15,16);6,10,15H,3-5H2,1-2H3;6H,3-5H2,1-2H3;4-5H,3H2,1-2H3;3-4H,1-2H3;2-3H,1H3,(H,11,12);2-4H,1H3;6H,1-2H2,(H,4,5);3H,2H2,1H3;;;;;2*1H2;;/q;;;;;;;;;;;-1;2*+1;;;;-1. The molecule has 10 N–H and O–H groups in total. The number of ketones is 2. The van der Waals surface area contributed by atoms with Crippen LogP contribution >= 0.6 is 199 Å². The van der Waals surface area contributed by atoms with Crippen molar-refractivity contribution in [1.29, 1.82) is 0 Å². The van der Waals surface area contributed by atoms with Crippen LogP contribution in [-0.2, 0) is 62.6 Å². The van der Waals surface area contributed by atoms with Gasteiger partial charge in [-0.05, 0) is 246 Å². The van der Waals surface area contributed by atoms with Gasteiger partial charge in [-0.15, -0.1) is 35.3 Å². The van der Waals surface area contributed by atoms with Crippen LogP contribution in [0.4, 0.5) is 0 Å². The fourth-order valence-corrected chi connectivity index (χ4v) is 19.9. The van der Waals surface area contributed by atoms with Crippen molar-refractivity contribution in [2.75, 3.05) is 68.4 Å². The predicted molar refractivity (Wildman–Crippen MR) is 550 cm³/mol. The van der Waals surface area contributed by atoms with Crippen LogP contribution in [-0.4, -0.2) is 186 Å². The normalized spacial score (nSPS) is 12.4. The Bertz CT molecular complexity index is 5510. The average molecular weight is 2360 g/mol. The van der Waals surface area contributed by atoms with Crippen molar-refractivity contribution in [2.24, 2.45) is 0 Å². The van der Waals surface area contributed by atoms with E-state index < -0.39 is 57.9 Å². The Morgan fingerprint density at radius 3 is 1.19 bits per heavy atom. The zero-order valence-corrected chi connectivity index (χ0v) is 99.8. The van der Waals surface area contributed by atoms with Gasteiger partial charge in [0, 0.05) is 95.3 Å². The molecule has 2 unspecified atom stereocenters. The molecule has 0 spiro atoms. The van der Waals surface area contributed by atoms with E-state index in [1.165, 1.54) is 43.0 Å². The van der Waals surface area contributed by atoms with Crippen molar-refractivity contribution >= 4 is 277 Å². The number of thioether (sulfide) groups is 3. The second kappa shape index (κ2) is 75.2. The fraction of sp³-hybridized carbons (Fsp3) is 0.363. The summed E-state index contributed by atoms with van der Waals surface area (Å²) in [6, 6.07) is 22.8. The first-order valence-electron chi connectivity index (χ1n) is 39.8. The summed E-state index contributed by atoms with van der Waals surface area (Å²) in [4.78, 5) is 115. The Hall–Kier alpha value is -3.57. The number of aliphatic hydroxyl groups excluding tert-OH is 3. The summed E-state index contributed by atoms with van der Waals surface area (Å²) in [7, 11) is -3.53. The van der Waals surface area contributed by atoms with Crippen molar-refractivity contribution in [3.63, 3.8) is 0 Å². The zero-order chi connectivity index (χ0) is 102. The SMILES string of the molecule is CC(=O)c1cc(Cl)c(Cl)cc1C.CCO.CCOC(=O)c1cc(Cl)c(Cl)cc1C.CCOC(=O)c1cc(Cl)c(SCCC(=O)O)cc1C.CCOC(=O)c1cc(Cl)c2c(c1C)C(=O)CCS2.CCOC(=O)c1cc(Cl)c2c(c1C)C(O)CCS2.CCOC(=O)c1cc(Cl)c2c(c1C)C(O)CCS2(=O)=O.Cc1cc(Cl)c(Cl)cc1C(=O)O.Cc1ccc(Cl)c(Cl)c1.O.O.O=C(O)CCS.[B].[H-].[Na+].[Na+].[O-]Cl.[Zn]. The van der Waals surface area contributed by atoms with Crippen LogP contribution in [0, 0.1) is 55.4 Å². The molecule has 8 aromatic rings. The van der Waals surface area contributed by atoms with Crippen LogP contribution in [0.2, 0.25) is 60.3 Å². The molecule has 0 amide bonds. The number of carboxylic acid groups (broad SMARTS) is 3. The van der Waals surface area contributed by atoms with Crippen molar-refractivity contribution < 1.29 is 206 Å².